The van der Waals surface area contributed by atoms with Crippen molar-refractivity contribution in [2.45, 2.75) is 50.7 Å². The number of hydrogen-bond donors (Lipinski definition) is 1. The lowest BCUT2D eigenvalue weighted by Gasteiger charge is -2.36. The number of rotatable bonds is 6. The molecule has 1 aromatic carbocycles. The number of nitrogens with zero attached hydrogens (tertiary/aromatic N) is 6. The normalized spacial score (nSPS) is 17.1. The zero-order valence-corrected chi connectivity index (χ0v) is 20.7. The summed E-state index contributed by atoms with van der Waals surface area (Å²) in [7, 11) is 0. The van der Waals surface area contributed by atoms with E-state index in [1.807, 2.05) is 4.90 Å². The smallest absolute Gasteiger partial charge is 0.353 e. The van der Waals surface area contributed by atoms with Gasteiger partial charge in [0.15, 0.2) is 0 Å². The summed E-state index contributed by atoms with van der Waals surface area (Å²) in [4.78, 5) is 21.2. The molecule has 3 aromatic rings. The van der Waals surface area contributed by atoms with Crippen LogP contribution in [0.25, 0.3) is 0 Å². The van der Waals surface area contributed by atoms with E-state index >= 15 is 0 Å². The summed E-state index contributed by atoms with van der Waals surface area (Å²) in [5.41, 5.74) is -0.511. The molecule has 1 N–H and O–H groups in total. The predicted molar refractivity (Wildman–Crippen MR) is 133 cm³/mol. The lowest BCUT2D eigenvalue weighted by molar-refractivity contribution is -0.137. The third-order valence-electron chi connectivity index (χ3n) is 6.93. The van der Waals surface area contributed by atoms with E-state index < -0.39 is 23.4 Å². The van der Waals surface area contributed by atoms with Crippen LogP contribution in [0.4, 0.5) is 39.7 Å². The molecule has 0 unspecified atom stereocenters. The van der Waals surface area contributed by atoms with Crippen LogP contribution in [0.15, 0.2) is 36.5 Å². The van der Waals surface area contributed by atoms with Gasteiger partial charge in [0.25, 0.3) is 0 Å². The van der Waals surface area contributed by atoms with E-state index in [-0.39, 0.29) is 23.8 Å². The Morgan fingerprint density at radius 3 is 2.34 bits per heavy atom. The first-order valence-corrected chi connectivity index (χ1v) is 12.7. The topological polar surface area (TPSA) is 70.1 Å². The number of halogens is 5. The van der Waals surface area contributed by atoms with E-state index in [1.54, 1.807) is 4.90 Å². The molecule has 0 atom stereocenters. The fourth-order valence-electron chi connectivity index (χ4n) is 4.95. The van der Waals surface area contributed by atoms with E-state index in [1.165, 1.54) is 30.8 Å². The molecular formula is C26H28F5N7. The summed E-state index contributed by atoms with van der Waals surface area (Å²) in [5, 5.41) is 3.38. The van der Waals surface area contributed by atoms with Crippen LogP contribution >= 0.6 is 0 Å². The Hall–Kier alpha value is -3.57. The van der Waals surface area contributed by atoms with E-state index in [0.29, 0.717) is 43.9 Å². The quantitative estimate of drug-likeness (QED) is 0.436. The first-order valence-electron chi connectivity index (χ1n) is 12.7. The van der Waals surface area contributed by atoms with Gasteiger partial charge < -0.3 is 15.1 Å². The van der Waals surface area contributed by atoms with Crippen molar-refractivity contribution in [3.8, 4) is 0 Å². The summed E-state index contributed by atoms with van der Waals surface area (Å²) in [6, 6.07) is 5.91. The molecule has 2 aromatic heterocycles. The fraction of sp³-hybridized carbons (Fsp3) is 0.462. The molecular weight excluding hydrogens is 505 g/mol. The first kappa shape index (κ1) is 26.1. The SMILES string of the molecule is Fc1ccc(Cc2nc(NC3CCCCC3)nc(N3CCN(c4ncccc4C(F)(F)F)CC3)n2)c(F)c1. The molecule has 3 heterocycles. The van der Waals surface area contributed by atoms with Crippen molar-refractivity contribution in [1.82, 2.24) is 19.9 Å². The van der Waals surface area contributed by atoms with Crippen molar-refractivity contribution in [2.24, 2.45) is 0 Å². The second-order valence-corrected chi connectivity index (χ2v) is 9.61. The van der Waals surface area contributed by atoms with Gasteiger partial charge in [0, 0.05) is 50.9 Å². The maximum absolute atomic E-state index is 14.4. The highest BCUT2D eigenvalue weighted by Crippen LogP contribution is 2.35. The molecule has 1 aliphatic carbocycles. The molecule has 2 fully saturated rings. The Bertz CT molecular complexity index is 1250. The van der Waals surface area contributed by atoms with Gasteiger partial charge in [-0.05, 0) is 36.6 Å². The fourth-order valence-corrected chi connectivity index (χ4v) is 4.95. The van der Waals surface area contributed by atoms with Gasteiger partial charge >= 0.3 is 6.18 Å². The maximum Gasteiger partial charge on any atom is 0.419 e. The van der Waals surface area contributed by atoms with E-state index in [4.69, 9.17) is 0 Å². The largest absolute Gasteiger partial charge is 0.419 e. The number of piperazine rings is 1. The standard InChI is InChI=1S/C26H28F5N7/c27-18-9-8-17(21(28)16-18)15-22-34-24(33-19-5-2-1-3-6-19)36-25(35-22)38-13-11-37(12-14-38)23-20(26(29,30)31)7-4-10-32-23/h4,7-10,16,19H,1-3,5-6,11-15H2,(H,33,34,35,36). The summed E-state index contributed by atoms with van der Waals surface area (Å²) in [6.45, 7) is 1.31. The van der Waals surface area contributed by atoms with Gasteiger partial charge in [-0.1, -0.05) is 25.3 Å². The molecule has 5 rings (SSSR count). The molecule has 0 radical (unpaired) electrons. The zero-order chi connectivity index (χ0) is 26.7. The van der Waals surface area contributed by atoms with Gasteiger partial charge in [-0.3, -0.25) is 0 Å². The van der Waals surface area contributed by atoms with E-state index in [2.05, 4.69) is 25.3 Å². The van der Waals surface area contributed by atoms with Gasteiger partial charge in [0.05, 0.1) is 5.56 Å². The molecule has 12 heteroatoms. The van der Waals surface area contributed by atoms with Gasteiger partial charge in [-0.25, -0.2) is 13.8 Å². The highest BCUT2D eigenvalue weighted by Gasteiger charge is 2.36. The Morgan fingerprint density at radius 1 is 0.895 bits per heavy atom. The predicted octanol–water partition coefficient (Wildman–Crippen LogP) is 5.23. The van der Waals surface area contributed by atoms with Crippen molar-refractivity contribution >= 4 is 17.7 Å². The lowest BCUT2D eigenvalue weighted by Crippen LogP contribution is -2.48. The molecule has 0 bridgehead atoms. The van der Waals surface area contributed by atoms with Crippen molar-refractivity contribution in [3.05, 3.63) is 65.1 Å². The molecule has 0 amide bonds. The Kier molecular flexibility index (Phi) is 7.57. The average Bonchev–Trinajstić information content (AvgIpc) is 2.90. The number of hydrogen-bond acceptors (Lipinski definition) is 7. The van der Waals surface area contributed by atoms with Crippen molar-refractivity contribution in [2.75, 3.05) is 41.3 Å². The van der Waals surface area contributed by atoms with Gasteiger partial charge in [-0.15, -0.1) is 0 Å². The average molecular weight is 534 g/mol. The minimum Gasteiger partial charge on any atom is -0.353 e. The number of alkyl halides is 3. The summed E-state index contributed by atoms with van der Waals surface area (Å²) in [6.07, 6.45) is 2.29. The highest BCUT2D eigenvalue weighted by molar-refractivity contribution is 5.50. The molecule has 38 heavy (non-hydrogen) atoms. The number of aromatic nitrogens is 4. The molecule has 2 aliphatic rings. The first-order chi connectivity index (χ1) is 18.3. The highest BCUT2D eigenvalue weighted by atomic mass is 19.4. The second kappa shape index (κ2) is 11.0. The molecule has 1 saturated heterocycles. The van der Waals surface area contributed by atoms with Gasteiger partial charge in [0.2, 0.25) is 11.9 Å². The van der Waals surface area contributed by atoms with Crippen LogP contribution in [-0.2, 0) is 12.6 Å². The van der Waals surface area contributed by atoms with E-state index in [0.717, 1.165) is 37.8 Å². The van der Waals surface area contributed by atoms with E-state index in [9.17, 15) is 22.0 Å². The minimum atomic E-state index is -4.50. The number of anilines is 3. The van der Waals surface area contributed by atoms with Crippen molar-refractivity contribution in [3.63, 3.8) is 0 Å². The number of nitrogens with one attached hydrogen (secondary N) is 1. The minimum absolute atomic E-state index is 0.0455. The summed E-state index contributed by atoms with van der Waals surface area (Å²) < 4.78 is 68.2. The molecule has 1 saturated carbocycles. The van der Waals surface area contributed by atoms with Crippen molar-refractivity contribution < 1.29 is 22.0 Å². The molecule has 202 valence electrons. The van der Waals surface area contributed by atoms with Gasteiger partial charge in [0.1, 0.15) is 23.3 Å². The summed E-state index contributed by atoms with van der Waals surface area (Å²) in [5.74, 6) is -0.369. The van der Waals surface area contributed by atoms with Crippen LogP contribution in [0.3, 0.4) is 0 Å². The lowest BCUT2D eigenvalue weighted by atomic mass is 9.96. The van der Waals surface area contributed by atoms with Crippen molar-refractivity contribution in [1.29, 1.82) is 0 Å². The molecule has 7 nitrogen and oxygen atoms in total. The summed E-state index contributed by atoms with van der Waals surface area (Å²) >= 11 is 0. The Morgan fingerprint density at radius 2 is 1.63 bits per heavy atom. The Balaban J connectivity index is 1.37. The van der Waals surface area contributed by atoms with Crippen LogP contribution in [-0.4, -0.2) is 52.2 Å². The monoisotopic (exact) mass is 533 g/mol. The van der Waals surface area contributed by atoms with Gasteiger partial charge in [-0.2, -0.15) is 28.1 Å². The molecule has 1 aliphatic heterocycles. The molecule has 0 spiro atoms. The second-order valence-electron chi connectivity index (χ2n) is 9.61. The van der Waals surface area contributed by atoms with Crippen LogP contribution in [0.5, 0.6) is 0 Å². The third-order valence-corrected chi connectivity index (χ3v) is 6.93. The number of benzene rings is 1. The van der Waals surface area contributed by atoms with Crippen LogP contribution in [0.2, 0.25) is 0 Å². The van der Waals surface area contributed by atoms with Crippen LogP contribution in [0, 0.1) is 11.6 Å². The van der Waals surface area contributed by atoms with Crippen LogP contribution in [0.1, 0.15) is 49.1 Å². The zero-order valence-electron chi connectivity index (χ0n) is 20.7. The Labute approximate surface area is 217 Å². The van der Waals surface area contributed by atoms with Crippen LogP contribution < -0.4 is 15.1 Å². The maximum atomic E-state index is 14.4. The third kappa shape index (κ3) is 6.11. The number of pyridine rings is 1.